The van der Waals surface area contributed by atoms with Crippen LogP contribution in [0.25, 0.3) is 10.7 Å². The van der Waals surface area contributed by atoms with E-state index in [9.17, 15) is 0 Å². The van der Waals surface area contributed by atoms with E-state index in [-0.39, 0.29) is 12.0 Å². The van der Waals surface area contributed by atoms with Gasteiger partial charge in [0.25, 0.3) is 0 Å². The first kappa shape index (κ1) is 11.8. The predicted octanol–water partition coefficient (Wildman–Crippen LogP) is 3.22. The highest BCUT2D eigenvalue weighted by Gasteiger charge is 2.19. The third-order valence-electron chi connectivity index (χ3n) is 2.23. The number of aromatic nitrogens is 2. The van der Waals surface area contributed by atoms with E-state index in [0.29, 0.717) is 11.7 Å². The molecule has 0 aromatic carbocycles. The highest BCUT2D eigenvalue weighted by Crippen LogP contribution is 2.28. The highest BCUT2D eigenvalue weighted by molar-refractivity contribution is 9.10. The zero-order valence-electron chi connectivity index (χ0n) is 8.98. The van der Waals surface area contributed by atoms with Crippen molar-refractivity contribution in [2.24, 2.45) is 11.7 Å². The SMILES string of the molecule is CC(C)C(N)c1nc(-c2cc(Br)cs2)no1. The lowest BCUT2D eigenvalue weighted by Gasteiger charge is -2.08. The summed E-state index contributed by atoms with van der Waals surface area (Å²) in [5.74, 6) is 1.37. The molecule has 86 valence electrons. The number of thiophene rings is 1. The summed E-state index contributed by atoms with van der Waals surface area (Å²) in [4.78, 5) is 5.27. The fraction of sp³-hybridized carbons (Fsp3) is 0.400. The molecule has 0 fully saturated rings. The van der Waals surface area contributed by atoms with E-state index >= 15 is 0 Å². The van der Waals surface area contributed by atoms with Crippen LogP contribution in [-0.4, -0.2) is 10.1 Å². The van der Waals surface area contributed by atoms with Gasteiger partial charge in [-0.3, -0.25) is 0 Å². The first-order valence-corrected chi connectivity index (χ1v) is 6.59. The van der Waals surface area contributed by atoms with Gasteiger partial charge in [0, 0.05) is 9.85 Å². The molecule has 0 saturated heterocycles. The molecular weight excluding hydrogens is 290 g/mol. The summed E-state index contributed by atoms with van der Waals surface area (Å²) >= 11 is 4.95. The van der Waals surface area contributed by atoms with Crippen LogP contribution in [0.3, 0.4) is 0 Å². The van der Waals surface area contributed by atoms with Gasteiger partial charge >= 0.3 is 0 Å². The smallest absolute Gasteiger partial charge is 0.244 e. The van der Waals surface area contributed by atoms with E-state index in [4.69, 9.17) is 10.3 Å². The Bertz CT molecular complexity index is 480. The maximum absolute atomic E-state index is 5.93. The lowest BCUT2D eigenvalue weighted by Crippen LogP contribution is -2.16. The van der Waals surface area contributed by atoms with E-state index < -0.39 is 0 Å². The third-order valence-corrected chi connectivity index (χ3v) is 3.92. The molecule has 2 N–H and O–H groups in total. The highest BCUT2D eigenvalue weighted by atomic mass is 79.9. The zero-order chi connectivity index (χ0) is 11.7. The maximum Gasteiger partial charge on any atom is 0.244 e. The summed E-state index contributed by atoms with van der Waals surface area (Å²) in [5.41, 5.74) is 5.93. The summed E-state index contributed by atoms with van der Waals surface area (Å²) in [6.07, 6.45) is 0. The Balaban J connectivity index is 2.26. The van der Waals surface area contributed by atoms with Gasteiger partial charge in [-0.25, -0.2) is 0 Å². The van der Waals surface area contributed by atoms with Crippen molar-refractivity contribution in [1.29, 1.82) is 0 Å². The maximum atomic E-state index is 5.93. The van der Waals surface area contributed by atoms with Crippen molar-refractivity contribution >= 4 is 27.3 Å². The number of nitrogens with zero attached hydrogens (tertiary/aromatic N) is 2. The van der Waals surface area contributed by atoms with Crippen LogP contribution >= 0.6 is 27.3 Å². The Morgan fingerprint density at radius 2 is 2.25 bits per heavy atom. The van der Waals surface area contributed by atoms with Crippen LogP contribution in [0.1, 0.15) is 25.8 Å². The average molecular weight is 302 g/mol. The van der Waals surface area contributed by atoms with Crippen LogP contribution < -0.4 is 5.73 Å². The van der Waals surface area contributed by atoms with Crippen molar-refractivity contribution in [2.75, 3.05) is 0 Å². The molecule has 0 amide bonds. The van der Waals surface area contributed by atoms with Crippen molar-refractivity contribution in [3.8, 4) is 10.7 Å². The fourth-order valence-corrected chi connectivity index (χ4v) is 2.54. The predicted molar refractivity (Wildman–Crippen MR) is 67.1 cm³/mol. The van der Waals surface area contributed by atoms with Crippen molar-refractivity contribution in [3.63, 3.8) is 0 Å². The van der Waals surface area contributed by atoms with E-state index in [2.05, 4.69) is 26.1 Å². The molecule has 2 aromatic heterocycles. The van der Waals surface area contributed by atoms with Crippen LogP contribution in [0.15, 0.2) is 20.4 Å². The first-order chi connectivity index (χ1) is 7.58. The lowest BCUT2D eigenvalue weighted by atomic mass is 10.1. The molecule has 0 radical (unpaired) electrons. The average Bonchev–Trinajstić information content (AvgIpc) is 2.84. The number of halogens is 1. The molecule has 0 bridgehead atoms. The van der Waals surface area contributed by atoms with Gasteiger partial charge in [0.2, 0.25) is 11.7 Å². The molecule has 0 saturated carbocycles. The largest absolute Gasteiger partial charge is 0.337 e. The van der Waals surface area contributed by atoms with Gasteiger partial charge in [-0.15, -0.1) is 11.3 Å². The Morgan fingerprint density at radius 3 is 2.81 bits per heavy atom. The summed E-state index contributed by atoms with van der Waals surface area (Å²) in [6, 6.07) is 1.75. The van der Waals surface area contributed by atoms with Crippen LogP contribution in [0.2, 0.25) is 0 Å². The van der Waals surface area contributed by atoms with Crippen molar-refractivity contribution in [3.05, 3.63) is 21.8 Å². The van der Waals surface area contributed by atoms with E-state index in [1.165, 1.54) is 0 Å². The van der Waals surface area contributed by atoms with Gasteiger partial charge < -0.3 is 10.3 Å². The van der Waals surface area contributed by atoms with E-state index in [1.54, 1.807) is 11.3 Å². The molecule has 1 unspecified atom stereocenters. The monoisotopic (exact) mass is 301 g/mol. The van der Waals surface area contributed by atoms with Crippen LogP contribution in [0, 0.1) is 5.92 Å². The molecule has 0 aliphatic carbocycles. The molecule has 1 atom stereocenters. The van der Waals surface area contributed by atoms with Gasteiger partial charge in [-0.05, 0) is 27.9 Å². The first-order valence-electron chi connectivity index (χ1n) is 4.91. The second-order valence-electron chi connectivity index (χ2n) is 3.86. The summed E-state index contributed by atoms with van der Waals surface area (Å²) in [5, 5.41) is 5.91. The van der Waals surface area contributed by atoms with E-state index in [1.807, 2.05) is 25.3 Å². The molecule has 0 aliphatic heterocycles. The number of hydrogen-bond donors (Lipinski definition) is 1. The standard InChI is InChI=1S/C10H12BrN3OS/c1-5(2)8(12)10-13-9(14-15-10)7-3-6(11)4-16-7/h3-5,8H,12H2,1-2H3. The molecule has 4 nitrogen and oxygen atoms in total. The fourth-order valence-electron chi connectivity index (χ4n) is 1.19. The molecule has 2 heterocycles. The normalized spacial score (nSPS) is 13.3. The van der Waals surface area contributed by atoms with Crippen molar-refractivity contribution < 1.29 is 4.52 Å². The summed E-state index contributed by atoms with van der Waals surface area (Å²) < 4.78 is 6.18. The minimum Gasteiger partial charge on any atom is -0.337 e. The number of rotatable bonds is 3. The third kappa shape index (κ3) is 2.34. The minimum atomic E-state index is -0.204. The lowest BCUT2D eigenvalue weighted by molar-refractivity contribution is 0.325. The topological polar surface area (TPSA) is 64.9 Å². The second-order valence-corrected chi connectivity index (χ2v) is 5.68. The Labute approximate surface area is 106 Å². The number of hydrogen-bond acceptors (Lipinski definition) is 5. The van der Waals surface area contributed by atoms with Crippen LogP contribution in [0.5, 0.6) is 0 Å². The summed E-state index contributed by atoms with van der Waals surface area (Å²) in [7, 11) is 0. The van der Waals surface area contributed by atoms with Gasteiger partial charge in [0.05, 0.1) is 10.9 Å². The molecule has 0 aliphatic rings. The van der Waals surface area contributed by atoms with Gasteiger partial charge in [-0.2, -0.15) is 4.98 Å². The van der Waals surface area contributed by atoms with Crippen LogP contribution in [0.4, 0.5) is 0 Å². The van der Waals surface area contributed by atoms with Gasteiger partial charge in [0.15, 0.2) is 0 Å². The Hall–Kier alpha value is -0.720. The molecule has 0 spiro atoms. The van der Waals surface area contributed by atoms with Gasteiger partial charge in [0.1, 0.15) is 0 Å². The van der Waals surface area contributed by atoms with Gasteiger partial charge in [-0.1, -0.05) is 19.0 Å². The quantitative estimate of drug-likeness (QED) is 0.945. The van der Waals surface area contributed by atoms with E-state index in [0.717, 1.165) is 9.35 Å². The Kier molecular flexibility index (Phi) is 3.41. The molecule has 2 rings (SSSR count). The molecule has 16 heavy (non-hydrogen) atoms. The second kappa shape index (κ2) is 4.65. The minimum absolute atomic E-state index is 0.204. The molecule has 2 aromatic rings. The summed E-state index contributed by atoms with van der Waals surface area (Å²) in [6.45, 7) is 4.05. The van der Waals surface area contributed by atoms with Crippen molar-refractivity contribution in [1.82, 2.24) is 10.1 Å². The molecule has 6 heteroatoms. The Morgan fingerprint density at radius 1 is 1.50 bits per heavy atom. The zero-order valence-corrected chi connectivity index (χ0v) is 11.4. The number of nitrogens with two attached hydrogens (primary N) is 1. The van der Waals surface area contributed by atoms with Crippen molar-refractivity contribution in [2.45, 2.75) is 19.9 Å². The molecular formula is C10H12BrN3OS. The van der Waals surface area contributed by atoms with Crippen LogP contribution in [-0.2, 0) is 0 Å².